The number of nitrogens with zero attached hydrogens (tertiary/aromatic N) is 3. The SMILES string of the molecule is CCC(=O)N(c1ccc(C(=O)Nc2ncc(Oc3ccc(NC(=O)NC(CC)CC)cc3OC)s2)cc1)N1CCCCC1. The van der Waals surface area contributed by atoms with Crippen LogP contribution < -0.4 is 30.4 Å². The van der Waals surface area contributed by atoms with Gasteiger partial charge in [0.2, 0.25) is 11.0 Å². The molecule has 1 aromatic heterocycles. The van der Waals surface area contributed by atoms with Crippen molar-refractivity contribution in [3.05, 3.63) is 54.2 Å². The predicted octanol–water partition coefficient (Wildman–Crippen LogP) is 6.65. The molecule has 0 unspecified atom stereocenters. The lowest BCUT2D eigenvalue weighted by Crippen LogP contribution is -2.49. The van der Waals surface area contributed by atoms with Crippen LogP contribution in [0.1, 0.15) is 69.7 Å². The number of benzene rings is 2. The van der Waals surface area contributed by atoms with Crippen molar-refractivity contribution in [1.29, 1.82) is 0 Å². The summed E-state index contributed by atoms with van der Waals surface area (Å²) in [6.45, 7) is 7.58. The minimum atomic E-state index is -0.321. The average molecular weight is 609 g/mol. The van der Waals surface area contributed by atoms with E-state index in [1.54, 1.807) is 47.5 Å². The van der Waals surface area contributed by atoms with Gasteiger partial charge in [0.05, 0.1) is 19.0 Å². The minimum Gasteiger partial charge on any atom is -0.493 e. The summed E-state index contributed by atoms with van der Waals surface area (Å²) in [4.78, 5) is 42.2. The Labute approximate surface area is 256 Å². The molecule has 4 amide bonds. The number of nitrogens with one attached hydrogen (secondary N) is 3. The second kappa shape index (κ2) is 15.4. The number of hydrazine groups is 1. The minimum absolute atomic E-state index is 0.0273. The summed E-state index contributed by atoms with van der Waals surface area (Å²) in [5, 5.41) is 13.2. The number of hydrogen-bond acceptors (Lipinski definition) is 8. The fraction of sp³-hybridized carbons (Fsp3) is 0.419. The molecule has 12 heteroatoms. The van der Waals surface area contributed by atoms with Crippen molar-refractivity contribution in [3.63, 3.8) is 0 Å². The third-order valence-corrected chi connectivity index (χ3v) is 7.98. The molecule has 230 valence electrons. The van der Waals surface area contributed by atoms with Crippen LogP contribution >= 0.6 is 11.3 Å². The highest BCUT2D eigenvalue weighted by molar-refractivity contribution is 7.17. The van der Waals surface area contributed by atoms with Crippen LogP contribution in [0.2, 0.25) is 0 Å². The van der Waals surface area contributed by atoms with E-state index >= 15 is 0 Å². The van der Waals surface area contributed by atoms with Crippen molar-refractivity contribution in [3.8, 4) is 16.6 Å². The van der Waals surface area contributed by atoms with Crippen molar-refractivity contribution in [2.24, 2.45) is 0 Å². The van der Waals surface area contributed by atoms with Crippen LogP contribution in [-0.2, 0) is 4.79 Å². The molecule has 0 radical (unpaired) electrons. The third kappa shape index (κ3) is 8.45. The molecule has 0 bridgehead atoms. The number of thiazole rings is 1. The second-order valence-electron chi connectivity index (χ2n) is 10.1. The Morgan fingerprint density at radius 2 is 1.70 bits per heavy atom. The van der Waals surface area contributed by atoms with Gasteiger partial charge in [0.15, 0.2) is 16.6 Å². The molecule has 1 aliphatic rings. The van der Waals surface area contributed by atoms with Crippen molar-refractivity contribution >= 4 is 45.7 Å². The summed E-state index contributed by atoms with van der Waals surface area (Å²) in [6, 6.07) is 11.9. The molecule has 0 atom stereocenters. The highest BCUT2D eigenvalue weighted by Crippen LogP contribution is 2.37. The van der Waals surface area contributed by atoms with Gasteiger partial charge in [0, 0.05) is 42.9 Å². The molecule has 1 fully saturated rings. The third-order valence-electron chi connectivity index (χ3n) is 7.19. The first kappa shape index (κ1) is 31.8. The van der Waals surface area contributed by atoms with Gasteiger partial charge in [-0.1, -0.05) is 38.5 Å². The van der Waals surface area contributed by atoms with E-state index in [0.717, 1.165) is 44.5 Å². The molecule has 2 heterocycles. The molecule has 0 saturated carbocycles. The largest absolute Gasteiger partial charge is 0.493 e. The summed E-state index contributed by atoms with van der Waals surface area (Å²) >= 11 is 1.17. The predicted molar refractivity (Wildman–Crippen MR) is 169 cm³/mol. The van der Waals surface area contributed by atoms with Crippen LogP contribution in [0.5, 0.6) is 16.6 Å². The fourth-order valence-corrected chi connectivity index (χ4v) is 5.44. The molecule has 1 saturated heterocycles. The quantitative estimate of drug-likeness (QED) is 0.210. The number of anilines is 3. The number of urea groups is 1. The normalized spacial score (nSPS) is 13.3. The second-order valence-corrected chi connectivity index (χ2v) is 11.1. The average Bonchev–Trinajstić information content (AvgIpc) is 3.47. The van der Waals surface area contributed by atoms with Gasteiger partial charge in [-0.15, -0.1) is 0 Å². The van der Waals surface area contributed by atoms with E-state index in [4.69, 9.17) is 9.47 Å². The Balaban J connectivity index is 1.37. The molecule has 2 aromatic carbocycles. The Bertz CT molecular complexity index is 1390. The van der Waals surface area contributed by atoms with Crippen LogP contribution in [0.4, 0.5) is 21.3 Å². The van der Waals surface area contributed by atoms with Crippen LogP contribution in [0, 0.1) is 0 Å². The molecule has 1 aliphatic heterocycles. The smallest absolute Gasteiger partial charge is 0.319 e. The van der Waals surface area contributed by atoms with E-state index in [2.05, 4.69) is 25.9 Å². The molecule has 11 nitrogen and oxygen atoms in total. The van der Waals surface area contributed by atoms with Crippen molar-refractivity contribution in [2.45, 2.75) is 65.3 Å². The summed E-state index contributed by atoms with van der Waals surface area (Å²) < 4.78 is 11.4. The van der Waals surface area contributed by atoms with Crippen molar-refractivity contribution in [1.82, 2.24) is 15.3 Å². The van der Waals surface area contributed by atoms with Crippen LogP contribution in [0.3, 0.4) is 0 Å². The zero-order valence-electron chi connectivity index (χ0n) is 25.1. The summed E-state index contributed by atoms with van der Waals surface area (Å²) in [5.74, 6) is 0.572. The van der Waals surface area contributed by atoms with Gasteiger partial charge in [0.25, 0.3) is 5.91 Å². The maximum atomic E-state index is 13.0. The van der Waals surface area contributed by atoms with E-state index in [1.807, 2.05) is 20.8 Å². The molecule has 3 N–H and O–H groups in total. The standard InChI is InChI=1S/C31H40N6O5S/c1-5-22(6-2)33-30(40)34-23-13-16-25(26(19-23)41-4)42-28-20-32-31(43-28)35-29(39)21-11-14-24(15-12-21)37(27(38)7-3)36-17-9-8-10-18-36/h11-16,19-20,22H,5-10,17-18H2,1-4H3,(H,32,35,39)(H2,33,34,40). The molecule has 4 rings (SSSR count). The number of amides is 4. The maximum Gasteiger partial charge on any atom is 0.319 e. The number of ether oxygens (including phenoxy) is 2. The van der Waals surface area contributed by atoms with Crippen LogP contribution in [0.25, 0.3) is 0 Å². The maximum absolute atomic E-state index is 13.0. The molecule has 0 spiro atoms. The van der Waals surface area contributed by atoms with Crippen molar-refractivity contribution < 1.29 is 23.9 Å². The molecule has 3 aromatic rings. The number of carbonyl (C=O) groups excluding carboxylic acids is 3. The first-order valence-electron chi connectivity index (χ1n) is 14.7. The van der Waals surface area contributed by atoms with Gasteiger partial charge >= 0.3 is 6.03 Å². The first-order valence-corrected chi connectivity index (χ1v) is 15.5. The van der Waals surface area contributed by atoms with E-state index in [0.29, 0.717) is 39.4 Å². The number of rotatable bonds is 12. The number of aromatic nitrogens is 1. The highest BCUT2D eigenvalue weighted by atomic mass is 32.1. The lowest BCUT2D eigenvalue weighted by atomic mass is 10.1. The van der Waals surface area contributed by atoms with Gasteiger partial charge in [-0.05, 0) is 62.1 Å². The summed E-state index contributed by atoms with van der Waals surface area (Å²) in [5.41, 5.74) is 1.76. The van der Waals surface area contributed by atoms with E-state index in [9.17, 15) is 14.4 Å². The lowest BCUT2D eigenvalue weighted by Gasteiger charge is -2.37. The Morgan fingerprint density at radius 3 is 2.35 bits per heavy atom. The first-order chi connectivity index (χ1) is 20.8. The van der Waals surface area contributed by atoms with Gasteiger partial charge in [-0.2, -0.15) is 0 Å². The lowest BCUT2D eigenvalue weighted by molar-refractivity contribution is -0.121. The monoisotopic (exact) mass is 608 g/mol. The topological polar surface area (TPSA) is 125 Å². The fourth-order valence-electron chi connectivity index (χ4n) is 4.76. The van der Waals surface area contributed by atoms with Crippen LogP contribution in [0.15, 0.2) is 48.7 Å². The highest BCUT2D eigenvalue weighted by Gasteiger charge is 2.24. The number of carbonyl (C=O) groups is 3. The van der Waals surface area contributed by atoms with Gasteiger partial charge in [0.1, 0.15) is 0 Å². The molecular weight excluding hydrogens is 568 g/mol. The number of hydrogen-bond donors (Lipinski definition) is 3. The van der Waals surface area contributed by atoms with E-state index < -0.39 is 0 Å². The van der Waals surface area contributed by atoms with E-state index in [1.165, 1.54) is 31.1 Å². The Hall–Kier alpha value is -4.16. The molecular formula is C31H40N6O5S. The van der Waals surface area contributed by atoms with Crippen molar-refractivity contribution in [2.75, 3.05) is 35.8 Å². The van der Waals surface area contributed by atoms with Crippen LogP contribution in [-0.4, -0.2) is 54.1 Å². The Morgan fingerprint density at radius 1 is 0.977 bits per heavy atom. The van der Waals surface area contributed by atoms with E-state index in [-0.39, 0.29) is 23.9 Å². The van der Waals surface area contributed by atoms with Gasteiger partial charge in [-0.3, -0.25) is 14.9 Å². The number of piperidine rings is 1. The van der Waals surface area contributed by atoms with Gasteiger partial charge < -0.3 is 20.1 Å². The molecule has 43 heavy (non-hydrogen) atoms. The van der Waals surface area contributed by atoms with Gasteiger partial charge in [-0.25, -0.2) is 19.8 Å². The molecule has 0 aliphatic carbocycles. The summed E-state index contributed by atoms with van der Waals surface area (Å²) in [7, 11) is 1.52. The number of methoxy groups -OCH3 is 1. The zero-order chi connectivity index (χ0) is 30.8. The zero-order valence-corrected chi connectivity index (χ0v) is 26.0. The Kier molecular flexibility index (Phi) is 11.3. The summed E-state index contributed by atoms with van der Waals surface area (Å²) in [6.07, 6.45) is 6.90.